The predicted octanol–water partition coefficient (Wildman–Crippen LogP) is 1.95. The Balaban J connectivity index is 1.79. The van der Waals surface area contributed by atoms with Gasteiger partial charge < -0.3 is 15.0 Å². The van der Waals surface area contributed by atoms with E-state index in [1.807, 2.05) is 45.0 Å². The molecule has 0 bridgehead atoms. The van der Waals surface area contributed by atoms with Gasteiger partial charge in [-0.05, 0) is 32.4 Å². The first-order chi connectivity index (χ1) is 14.9. The van der Waals surface area contributed by atoms with E-state index in [2.05, 4.69) is 15.3 Å². The SMILES string of the molecule is CCCNC(=O)c1cn(CC)nc1S(=O)(=O)N1CCN(c2ccccc2OCC)CC1. The van der Waals surface area contributed by atoms with Crippen LogP contribution in [-0.2, 0) is 16.6 Å². The number of rotatable bonds is 9. The third kappa shape index (κ3) is 5.01. The van der Waals surface area contributed by atoms with Crippen LogP contribution in [0.2, 0.25) is 0 Å². The molecule has 1 saturated heterocycles. The molecule has 2 aromatic rings. The van der Waals surface area contributed by atoms with Gasteiger partial charge in [-0.25, -0.2) is 8.42 Å². The molecule has 0 spiro atoms. The summed E-state index contributed by atoms with van der Waals surface area (Å²) in [7, 11) is -3.90. The Bertz CT molecular complexity index is 997. The second-order valence-corrected chi connectivity index (χ2v) is 9.10. The van der Waals surface area contributed by atoms with Gasteiger partial charge in [-0.15, -0.1) is 0 Å². The molecule has 1 N–H and O–H groups in total. The van der Waals surface area contributed by atoms with E-state index < -0.39 is 15.9 Å². The predicted molar refractivity (Wildman–Crippen MR) is 119 cm³/mol. The number of nitrogens with zero attached hydrogens (tertiary/aromatic N) is 4. The lowest BCUT2D eigenvalue weighted by atomic mass is 10.2. The molecule has 1 aromatic carbocycles. The summed E-state index contributed by atoms with van der Waals surface area (Å²) < 4.78 is 35.3. The molecule has 0 aliphatic carbocycles. The summed E-state index contributed by atoms with van der Waals surface area (Å²) in [5.41, 5.74) is 1.05. The lowest BCUT2D eigenvalue weighted by Crippen LogP contribution is -2.49. The van der Waals surface area contributed by atoms with E-state index in [9.17, 15) is 13.2 Å². The molecule has 0 unspecified atom stereocenters. The minimum Gasteiger partial charge on any atom is -0.492 e. The zero-order valence-corrected chi connectivity index (χ0v) is 19.2. The first-order valence-electron chi connectivity index (χ1n) is 10.7. The first-order valence-corrected chi connectivity index (χ1v) is 12.2. The monoisotopic (exact) mass is 449 g/mol. The second-order valence-electron chi connectivity index (χ2n) is 7.25. The summed E-state index contributed by atoms with van der Waals surface area (Å²) in [4.78, 5) is 14.7. The number of amides is 1. The van der Waals surface area contributed by atoms with E-state index in [4.69, 9.17) is 4.74 Å². The van der Waals surface area contributed by atoms with Gasteiger partial charge in [-0.2, -0.15) is 9.40 Å². The molecule has 3 rings (SSSR count). The van der Waals surface area contributed by atoms with Gasteiger partial charge >= 0.3 is 0 Å². The topological polar surface area (TPSA) is 96.8 Å². The lowest BCUT2D eigenvalue weighted by Gasteiger charge is -2.35. The number of carbonyl (C=O) groups is 1. The van der Waals surface area contributed by atoms with Crippen molar-refractivity contribution >= 4 is 21.6 Å². The van der Waals surface area contributed by atoms with Crippen LogP contribution in [0.1, 0.15) is 37.6 Å². The van der Waals surface area contributed by atoms with E-state index in [0.717, 1.165) is 17.9 Å². The number of carbonyl (C=O) groups excluding carboxylic acids is 1. The Labute approximate surface area is 184 Å². The fourth-order valence-corrected chi connectivity index (χ4v) is 5.05. The van der Waals surface area contributed by atoms with Crippen LogP contribution in [-0.4, -0.2) is 67.7 Å². The summed E-state index contributed by atoms with van der Waals surface area (Å²) in [6, 6.07) is 7.76. The largest absolute Gasteiger partial charge is 0.492 e. The fourth-order valence-electron chi connectivity index (χ4n) is 3.53. The highest BCUT2D eigenvalue weighted by Crippen LogP contribution is 2.30. The molecule has 2 heterocycles. The van der Waals surface area contributed by atoms with Gasteiger partial charge in [0.1, 0.15) is 5.75 Å². The maximum atomic E-state index is 13.4. The average molecular weight is 450 g/mol. The average Bonchev–Trinajstić information content (AvgIpc) is 3.24. The van der Waals surface area contributed by atoms with Crippen LogP contribution in [0.4, 0.5) is 5.69 Å². The van der Waals surface area contributed by atoms with Crippen molar-refractivity contribution in [3.63, 3.8) is 0 Å². The molecule has 31 heavy (non-hydrogen) atoms. The van der Waals surface area contributed by atoms with Crippen molar-refractivity contribution in [2.75, 3.05) is 44.2 Å². The highest BCUT2D eigenvalue weighted by Gasteiger charge is 2.35. The van der Waals surface area contributed by atoms with Crippen molar-refractivity contribution in [3.8, 4) is 5.75 Å². The number of aromatic nitrogens is 2. The molecule has 1 aliphatic heterocycles. The number of hydrogen-bond donors (Lipinski definition) is 1. The second kappa shape index (κ2) is 10.1. The van der Waals surface area contributed by atoms with Gasteiger partial charge in [0, 0.05) is 45.5 Å². The minimum atomic E-state index is -3.90. The quantitative estimate of drug-likeness (QED) is 0.629. The van der Waals surface area contributed by atoms with Crippen LogP contribution in [0.3, 0.4) is 0 Å². The zero-order chi connectivity index (χ0) is 22.4. The molecule has 9 nitrogen and oxygen atoms in total. The maximum absolute atomic E-state index is 13.4. The van der Waals surface area contributed by atoms with Crippen LogP contribution >= 0.6 is 0 Å². The number of nitrogens with one attached hydrogen (secondary N) is 1. The number of hydrogen-bond acceptors (Lipinski definition) is 6. The van der Waals surface area contributed by atoms with Gasteiger partial charge in [0.2, 0.25) is 5.03 Å². The molecule has 0 atom stereocenters. The zero-order valence-electron chi connectivity index (χ0n) is 18.4. The van der Waals surface area contributed by atoms with Gasteiger partial charge in [-0.3, -0.25) is 9.48 Å². The highest BCUT2D eigenvalue weighted by atomic mass is 32.2. The fraction of sp³-hybridized carbons (Fsp3) is 0.524. The van der Waals surface area contributed by atoms with Gasteiger partial charge in [0.25, 0.3) is 15.9 Å². The van der Waals surface area contributed by atoms with Crippen molar-refractivity contribution < 1.29 is 17.9 Å². The Morgan fingerprint density at radius 1 is 1.13 bits per heavy atom. The van der Waals surface area contributed by atoms with Crippen molar-refractivity contribution in [1.29, 1.82) is 0 Å². The number of sulfonamides is 1. The molecule has 10 heteroatoms. The Morgan fingerprint density at radius 2 is 1.84 bits per heavy atom. The number of ether oxygens (including phenoxy) is 1. The molecular weight excluding hydrogens is 418 g/mol. The summed E-state index contributed by atoms with van der Waals surface area (Å²) >= 11 is 0. The van der Waals surface area contributed by atoms with E-state index in [-0.39, 0.29) is 10.6 Å². The number of benzene rings is 1. The summed E-state index contributed by atoms with van der Waals surface area (Å²) in [6.07, 6.45) is 2.27. The molecule has 1 aromatic heterocycles. The number of piperazine rings is 1. The van der Waals surface area contributed by atoms with E-state index in [1.165, 1.54) is 15.2 Å². The minimum absolute atomic E-state index is 0.0967. The van der Waals surface area contributed by atoms with Crippen LogP contribution < -0.4 is 15.0 Å². The molecule has 170 valence electrons. The molecule has 1 fully saturated rings. The van der Waals surface area contributed by atoms with Crippen molar-refractivity contribution in [2.45, 2.75) is 38.8 Å². The van der Waals surface area contributed by atoms with Crippen LogP contribution in [0.25, 0.3) is 0 Å². The van der Waals surface area contributed by atoms with Crippen molar-refractivity contribution in [2.24, 2.45) is 0 Å². The van der Waals surface area contributed by atoms with E-state index in [0.29, 0.717) is 45.9 Å². The number of para-hydroxylation sites is 2. The molecule has 1 amide bonds. The standard InChI is InChI=1S/C21H31N5O4S/c1-4-11-22-20(27)17-16-25(5-2)23-21(17)31(28,29)26-14-12-24(13-15-26)18-9-7-8-10-19(18)30-6-3/h7-10,16H,4-6,11-15H2,1-3H3,(H,22,27). The van der Waals surface area contributed by atoms with Crippen molar-refractivity contribution in [3.05, 3.63) is 36.0 Å². The molecular formula is C21H31N5O4S. The number of aryl methyl sites for hydroxylation is 1. The van der Waals surface area contributed by atoms with Gasteiger partial charge in [0.15, 0.2) is 0 Å². The Kier molecular flexibility index (Phi) is 7.55. The number of anilines is 1. The maximum Gasteiger partial charge on any atom is 0.263 e. The summed E-state index contributed by atoms with van der Waals surface area (Å²) in [5.74, 6) is 0.377. The smallest absolute Gasteiger partial charge is 0.263 e. The third-order valence-electron chi connectivity index (χ3n) is 5.16. The summed E-state index contributed by atoms with van der Waals surface area (Å²) in [5, 5.41) is 6.79. The van der Waals surface area contributed by atoms with Crippen LogP contribution in [0.15, 0.2) is 35.5 Å². The van der Waals surface area contributed by atoms with Gasteiger partial charge in [-0.1, -0.05) is 19.1 Å². The van der Waals surface area contributed by atoms with Crippen LogP contribution in [0.5, 0.6) is 5.75 Å². The van der Waals surface area contributed by atoms with Gasteiger partial charge in [0.05, 0.1) is 17.9 Å². The molecule has 0 saturated carbocycles. The Hall–Kier alpha value is -2.59. The van der Waals surface area contributed by atoms with Crippen molar-refractivity contribution in [1.82, 2.24) is 19.4 Å². The van der Waals surface area contributed by atoms with E-state index >= 15 is 0 Å². The summed E-state index contributed by atoms with van der Waals surface area (Å²) in [6.45, 7) is 8.90. The molecule has 1 aliphatic rings. The molecule has 0 radical (unpaired) electrons. The lowest BCUT2D eigenvalue weighted by molar-refractivity contribution is 0.0950. The third-order valence-corrected chi connectivity index (χ3v) is 7.00. The van der Waals surface area contributed by atoms with Crippen LogP contribution in [0, 0.1) is 0 Å². The van der Waals surface area contributed by atoms with E-state index in [1.54, 1.807) is 0 Å². The normalized spacial score (nSPS) is 15.1. The highest BCUT2D eigenvalue weighted by molar-refractivity contribution is 7.89. The Morgan fingerprint density at radius 3 is 2.48 bits per heavy atom. The first kappa shape index (κ1) is 23.1.